The average molecular weight is 370 g/mol. The molecule has 6 heteroatoms. The number of fused-ring (bicyclic) bond motifs is 1. The van der Waals surface area contributed by atoms with Crippen LogP contribution in [-0.2, 0) is 11.2 Å². The summed E-state index contributed by atoms with van der Waals surface area (Å²) in [5, 5.41) is 3.37. The summed E-state index contributed by atoms with van der Waals surface area (Å²) in [5.74, 6) is 1.20. The molecule has 2 aliphatic rings. The number of hydrogen-bond donors (Lipinski definition) is 1. The molecule has 1 amide bonds. The van der Waals surface area contributed by atoms with Crippen molar-refractivity contribution in [1.29, 1.82) is 0 Å². The highest BCUT2D eigenvalue weighted by atomic mass is 19.1. The standard InChI is InChI=1S/C21H23FN2O3/c1-26-18-5-6-20-15(11-18)9-16(13-27-20)21(25)24-8-7-23-19(12-24)14-3-2-4-17(22)10-14/h2-6,10-11,16,19,23H,7-9,12-13H2,1H3. The number of methoxy groups -OCH3 is 1. The minimum absolute atomic E-state index is 0.0599. The Morgan fingerprint density at radius 1 is 1.30 bits per heavy atom. The van der Waals surface area contributed by atoms with Gasteiger partial charge in [-0.15, -0.1) is 0 Å². The summed E-state index contributed by atoms with van der Waals surface area (Å²) in [6, 6.07) is 12.2. The number of hydrogen-bond acceptors (Lipinski definition) is 4. The van der Waals surface area contributed by atoms with Crippen LogP contribution >= 0.6 is 0 Å². The van der Waals surface area contributed by atoms with Gasteiger partial charge in [-0.05, 0) is 47.9 Å². The summed E-state index contributed by atoms with van der Waals surface area (Å²) < 4.78 is 24.6. The summed E-state index contributed by atoms with van der Waals surface area (Å²) in [4.78, 5) is 14.9. The van der Waals surface area contributed by atoms with Gasteiger partial charge in [0.1, 0.15) is 23.9 Å². The molecule has 1 N–H and O–H groups in total. The Morgan fingerprint density at radius 3 is 3.00 bits per heavy atom. The lowest BCUT2D eigenvalue weighted by atomic mass is 9.94. The molecule has 2 unspecified atom stereocenters. The van der Waals surface area contributed by atoms with E-state index >= 15 is 0 Å². The Labute approximate surface area is 158 Å². The fourth-order valence-corrected chi connectivity index (χ4v) is 3.81. The Morgan fingerprint density at radius 2 is 2.19 bits per heavy atom. The van der Waals surface area contributed by atoms with Crippen LogP contribution in [0.3, 0.4) is 0 Å². The first-order chi connectivity index (χ1) is 13.1. The molecule has 27 heavy (non-hydrogen) atoms. The summed E-state index contributed by atoms with van der Waals surface area (Å²) in [6.07, 6.45) is 0.639. The lowest BCUT2D eigenvalue weighted by molar-refractivity contribution is -0.138. The van der Waals surface area contributed by atoms with E-state index in [4.69, 9.17) is 9.47 Å². The van der Waals surface area contributed by atoms with E-state index in [1.807, 2.05) is 29.2 Å². The maximum absolute atomic E-state index is 13.5. The van der Waals surface area contributed by atoms with Crippen molar-refractivity contribution in [2.45, 2.75) is 12.5 Å². The Balaban J connectivity index is 1.46. The third-order valence-corrected chi connectivity index (χ3v) is 5.26. The van der Waals surface area contributed by atoms with Crippen LogP contribution in [0.1, 0.15) is 17.2 Å². The average Bonchev–Trinajstić information content (AvgIpc) is 2.72. The number of ether oxygens (including phenoxy) is 2. The minimum Gasteiger partial charge on any atom is -0.497 e. The highest BCUT2D eigenvalue weighted by molar-refractivity contribution is 5.80. The molecule has 0 spiro atoms. The molecule has 2 aliphatic heterocycles. The van der Waals surface area contributed by atoms with E-state index in [0.717, 1.165) is 22.6 Å². The number of nitrogens with zero attached hydrogens (tertiary/aromatic N) is 1. The van der Waals surface area contributed by atoms with Crippen LogP contribution in [0, 0.1) is 11.7 Å². The third kappa shape index (κ3) is 3.76. The van der Waals surface area contributed by atoms with Crippen molar-refractivity contribution in [2.75, 3.05) is 33.4 Å². The van der Waals surface area contributed by atoms with Crippen molar-refractivity contribution in [2.24, 2.45) is 5.92 Å². The van der Waals surface area contributed by atoms with E-state index in [2.05, 4.69) is 5.32 Å². The van der Waals surface area contributed by atoms with Gasteiger partial charge in [0.15, 0.2) is 0 Å². The second kappa shape index (κ2) is 7.56. The summed E-state index contributed by atoms with van der Waals surface area (Å²) in [6.45, 7) is 2.24. The van der Waals surface area contributed by atoms with E-state index in [9.17, 15) is 9.18 Å². The van der Waals surface area contributed by atoms with Crippen LogP contribution in [0.4, 0.5) is 4.39 Å². The zero-order chi connectivity index (χ0) is 18.8. The lowest BCUT2D eigenvalue weighted by Crippen LogP contribution is -2.51. The number of piperazine rings is 1. The van der Waals surface area contributed by atoms with Gasteiger partial charge in [-0.25, -0.2) is 4.39 Å². The van der Waals surface area contributed by atoms with Gasteiger partial charge in [-0.2, -0.15) is 0 Å². The first-order valence-electron chi connectivity index (χ1n) is 9.21. The van der Waals surface area contributed by atoms with Crippen molar-refractivity contribution in [3.63, 3.8) is 0 Å². The molecule has 1 fully saturated rings. The molecule has 0 aliphatic carbocycles. The SMILES string of the molecule is COc1ccc2c(c1)CC(C(=O)N1CCNC(c3cccc(F)c3)C1)CO2. The predicted molar refractivity (Wildman–Crippen MR) is 99.4 cm³/mol. The van der Waals surface area contributed by atoms with Gasteiger partial charge >= 0.3 is 0 Å². The Kier molecular flexibility index (Phi) is 4.99. The Hall–Kier alpha value is -2.60. The van der Waals surface area contributed by atoms with Crippen molar-refractivity contribution < 1.29 is 18.7 Å². The number of halogens is 1. The molecular weight excluding hydrogens is 347 g/mol. The Bertz CT molecular complexity index is 842. The van der Waals surface area contributed by atoms with E-state index in [1.54, 1.807) is 13.2 Å². The van der Waals surface area contributed by atoms with Crippen LogP contribution in [0.15, 0.2) is 42.5 Å². The van der Waals surface area contributed by atoms with Crippen LogP contribution in [-0.4, -0.2) is 44.2 Å². The number of benzene rings is 2. The quantitative estimate of drug-likeness (QED) is 0.902. The van der Waals surface area contributed by atoms with Crippen molar-refractivity contribution in [3.8, 4) is 11.5 Å². The zero-order valence-electron chi connectivity index (χ0n) is 15.3. The van der Waals surface area contributed by atoms with Gasteiger partial charge < -0.3 is 19.7 Å². The zero-order valence-corrected chi connectivity index (χ0v) is 15.3. The predicted octanol–water partition coefficient (Wildman–Crippen LogP) is 2.56. The highest BCUT2D eigenvalue weighted by Gasteiger charge is 2.32. The van der Waals surface area contributed by atoms with Gasteiger partial charge in [-0.3, -0.25) is 4.79 Å². The highest BCUT2D eigenvalue weighted by Crippen LogP contribution is 2.31. The molecule has 142 valence electrons. The largest absolute Gasteiger partial charge is 0.497 e. The summed E-state index contributed by atoms with van der Waals surface area (Å²) in [5.41, 5.74) is 1.86. The number of carbonyl (C=O) groups is 1. The van der Waals surface area contributed by atoms with Gasteiger partial charge in [0.05, 0.1) is 19.1 Å². The minimum atomic E-state index is -0.260. The van der Waals surface area contributed by atoms with Crippen molar-refractivity contribution in [3.05, 3.63) is 59.4 Å². The summed E-state index contributed by atoms with van der Waals surface area (Å²) >= 11 is 0. The van der Waals surface area contributed by atoms with Crippen molar-refractivity contribution >= 4 is 5.91 Å². The maximum atomic E-state index is 13.5. The molecule has 2 aromatic carbocycles. The number of amides is 1. The van der Waals surface area contributed by atoms with E-state index in [-0.39, 0.29) is 23.7 Å². The molecular formula is C21H23FN2O3. The van der Waals surface area contributed by atoms with Crippen LogP contribution < -0.4 is 14.8 Å². The lowest BCUT2D eigenvalue weighted by Gasteiger charge is -2.37. The fraction of sp³-hybridized carbons (Fsp3) is 0.381. The topological polar surface area (TPSA) is 50.8 Å². The second-order valence-electron chi connectivity index (χ2n) is 7.03. The number of nitrogens with one attached hydrogen (secondary N) is 1. The molecule has 0 radical (unpaired) electrons. The third-order valence-electron chi connectivity index (χ3n) is 5.26. The number of rotatable bonds is 3. The molecule has 2 heterocycles. The maximum Gasteiger partial charge on any atom is 0.229 e. The molecule has 2 atom stereocenters. The van der Waals surface area contributed by atoms with E-state index < -0.39 is 0 Å². The smallest absolute Gasteiger partial charge is 0.229 e. The van der Waals surface area contributed by atoms with Crippen LogP contribution in [0.25, 0.3) is 0 Å². The molecule has 0 bridgehead atoms. The van der Waals surface area contributed by atoms with Gasteiger partial charge in [0.25, 0.3) is 0 Å². The second-order valence-corrected chi connectivity index (χ2v) is 7.03. The van der Waals surface area contributed by atoms with Crippen LogP contribution in [0.5, 0.6) is 11.5 Å². The van der Waals surface area contributed by atoms with E-state index in [0.29, 0.717) is 32.7 Å². The molecule has 1 saturated heterocycles. The van der Waals surface area contributed by atoms with Gasteiger partial charge in [-0.1, -0.05) is 12.1 Å². The van der Waals surface area contributed by atoms with Crippen molar-refractivity contribution in [1.82, 2.24) is 10.2 Å². The summed E-state index contributed by atoms with van der Waals surface area (Å²) in [7, 11) is 1.63. The first-order valence-corrected chi connectivity index (χ1v) is 9.21. The molecule has 4 rings (SSSR count). The fourth-order valence-electron chi connectivity index (χ4n) is 3.81. The van der Waals surface area contributed by atoms with Gasteiger partial charge in [0, 0.05) is 19.6 Å². The molecule has 0 aromatic heterocycles. The van der Waals surface area contributed by atoms with E-state index in [1.165, 1.54) is 12.1 Å². The number of carbonyl (C=O) groups excluding carboxylic acids is 1. The van der Waals surface area contributed by atoms with Crippen LogP contribution in [0.2, 0.25) is 0 Å². The monoisotopic (exact) mass is 370 g/mol. The first kappa shape index (κ1) is 17.8. The normalized spacial score (nSPS) is 21.9. The van der Waals surface area contributed by atoms with Gasteiger partial charge in [0.2, 0.25) is 5.91 Å². The molecule has 5 nitrogen and oxygen atoms in total. The molecule has 2 aromatic rings. The molecule has 0 saturated carbocycles.